The third-order valence-corrected chi connectivity index (χ3v) is 5.53. The summed E-state index contributed by atoms with van der Waals surface area (Å²) in [5.74, 6) is 0. The summed E-state index contributed by atoms with van der Waals surface area (Å²) in [6, 6.07) is 0. The Balaban J connectivity index is 2.68. The zero-order valence-corrected chi connectivity index (χ0v) is 9.02. The minimum Gasteiger partial charge on any atom is -0.0805 e. The Bertz CT molecular complexity index is 193. The average Bonchev–Trinajstić information content (AvgIpc) is 2.34. The van der Waals surface area contributed by atoms with Crippen LogP contribution >= 0.6 is 0 Å². The molecule has 1 aliphatic carbocycles. The molecule has 1 rings (SSSR count). The van der Waals surface area contributed by atoms with Crippen molar-refractivity contribution < 1.29 is 0 Å². The van der Waals surface area contributed by atoms with Gasteiger partial charge in [0, 0.05) is 0 Å². The van der Waals surface area contributed by atoms with Gasteiger partial charge >= 0.3 is 0 Å². The molecule has 0 N–H and O–H groups in total. The van der Waals surface area contributed by atoms with E-state index in [4.69, 9.17) is 0 Å². The first-order chi connectivity index (χ1) is 5.02. The molecular formula is C10H18Si. The predicted molar refractivity (Wildman–Crippen MR) is 54.6 cm³/mol. The van der Waals surface area contributed by atoms with Gasteiger partial charge < -0.3 is 0 Å². The van der Waals surface area contributed by atoms with Gasteiger partial charge in [-0.3, -0.25) is 0 Å². The minimum absolute atomic E-state index is 0.821. The maximum Gasteiger partial charge on any atom is 0.0517 e. The summed E-state index contributed by atoms with van der Waals surface area (Å²) in [4.78, 5) is 0. The van der Waals surface area contributed by atoms with E-state index in [1.165, 1.54) is 0 Å². The molecule has 0 bridgehead atoms. The van der Waals surface area contributed by atoms with Crippen LogP contribution in [0.3, 0.4) is 0 Å². The molecule has 62 valence electrons. The molecule has 1 heteroatoms. The van der Waals surface area contributed by atoms with Gasteiger partial charge in [0.05, 0.1) is 8.07 Å². The lowest BCUT2D eigenvalue weighted by atomic mass is 10.2. The Labute approximate surface area is 71.0 Å². The molecule has 0 aromatic heterocycles. The first-order valence-corrected chi connectivity index (χ1v) is 7.96. The molecular weight excluding hydrogens is 148 g/mol. The summed E-state index contributed by atoms with van der Waals surface area (Å²) < 4.78 is 0. The highest BCUT2D eigenvalue weighted by Gasteiger charge is 2.24. The Morgan fingerprint density at radius 3 is 2.36 bits per heavy atom. The van der Waals surface area contributed by atoms with Gasteiger partial charge in [-0.15, -0.1) is 0 Å². The summed E-state index contributed by atoms with van der Waals surface area (Å²) in [5.41, 5.74) is 2.39. The molecule has 0 aromatic rings. The van der Waals surface area contributed by atoms with E-state index in [0.717, 1.165) is 12.0 Å². The van der Waals surface area contributed by atoms with Gasteiger partial charge in [-0.2, -0.15) is 0 Å². The van der Waals surface area contributed by atoms with Gasteiger partial charge in [-0.1, -0.05) is 50.4 Å². The molecule has 0 saturated carbocycles. The van der Waals surface area contributed by atoms with Gasteiger partial charge in [0.1, 0.15) is 0 Å². The van der Waals surface area contributed by atoms with Crippen molar-refractivity contribution in [3.05, 3.63) is 23.8 Å². The van der Waals surface area contributed by atoms with E-state index in [-0.39, 0.29) is 0 Å². The lowest BCUT2D eigenvalue weighted by Crippen LogP contribution is -2.26. The second-order valence-corrected chi connectivity index (χ2v) is 10.0. The maximum atomic E-state index is 2.44. The van der Waals surface area contributed by atoms with Crippen LogP contribution in [0.5, 0.6) is 0 Å². The van der Waals surface area contributed by atoms with E-state index < -0.39 is 8.07 Å². The molecule has 0 spiro atoms. The van der Waals surface area contributed by atoms with Crippen molar-refractivity contribution in [1.29, 1.82) is 0 Å². The molecule has 0 nitrogen and oxygen atoms in total. The molecule has 1 atom stereocenters. The fourth-order valence-corrected chi connectivity index (χ4v) is 2.51. The van der Waals surface area contributed by atoms with Crippen LogP contribution in [0.4, 0.5) is 0 Å². The van der Waals surface area contributed by atoms with Crippen LogP contribution in [0.15, 0.2) is 23.8 Å². The summed E-state index contributed by atoms with van der Waals surface area (Å²) in [6.45, 7) is 9.67. The zero-order chi connectivity index (χ0) is 8.48. The Hall–Kier alpha value is -0.303. The lowest BCUT2D eigenvalue weighted by Gasteiger charge is -2.25. The molecule has 0 fully saturated rings. The van der Waals surface area contributed by atoms with Crippen LogP contribution in [0.2, 0.25) is 25.2 Å². The van der Waals surface area contributed by atoms with Crippen molar-refractivity contribution in [1.82, 2.24) is 0 Å². The second kappa shape index (κ2) is 2.98. The Morgan fingerprint density at radius 2 is 2.00 bits per heavy atom. The van der Waals surface area contributed by atoms with Crippen LogP contribution in [0.1, 0.15) is 13.3 Å². The molecule has 1 aliphatic rings. The van der Waals surface area contributed by atoms with E-state index in [2.05, 4.69) is 44.8 Å². The van der Waals surface area contributed by atoms with Gasteiger partial charge in [0.15, 0.2) is 0 Å². The van der Waals surface area contributed by atoms with E-state index in [1.54, 1.807) is 5.57 Å². The van der Waals surface area contributed by atoms with Gasteiger partial charge in [-0.25, -0.2) is 0 Å². The highest BCUT2D eigenvalue weighted by Crippen LogP contribution is 2.32. The van der Waals surface area contributed by atoms with Crippen molar-refractivity contribution in [3.63, 3.8) is 0 Å². The Morgan fingerprint density at radius 1 is 1.36 bits per heavy atom. The molecule has 0 radical (unpaired) electrons. The van der Waals surface area contributed by atoms with Crippen LogP contribution in [-0.2, 0) is 0 Å². The van der Waals surface area contributed by atoms with Crippen LogP contribution in [0.25, 0.3) is 0 Å². The van der Waals surface area contributed by atoms with Crippen molar-refractivity contribution in [2.75, 3.05) is 0 Å². The second-order valence-electron chi connectivity index (χ2n) is 4.43. The number of hydrogen-bond donors (Lipinski definition) is 0. The normalized spacial score (nSPS) is 20.2. The maximum absolute atomic E-state index is 2.44. The summed E-state index contributed by atoms with van der Waals surface area (Å²) in [6.07, 6.45) is 8.07. The third-order valence-electron chi connectivity index (χ3n) is 2.60. The highest BCUT2D eigenvalue weighted by atomic mass is 28.3. The molecule has 0 heterocycles. The van der Waals surface area contributed by atoms with E-state index in [1.807, 2.05) is 0 Å². The number of allylic oxidation sites excluding steroid dienone is 4. The van der Waals surface area contributed by atoms with Crippen molar-refractivity contribution in [2.45, 2.75) is 38.5 Å². The SMILES string of the molecule is CC(C1=CCC=C1)[Si](C)(C)C. The average molecular weight is 166 g/mol. The van der Waals surface area contributed by atoms with Gasteiger partial charge in [-0.05, 0) is 12.0 Å². The summed E-state index contributed by atoms with van der Waals surface area (Å²) in [7, 11) is -0.945. The highest BCUT2D eigenvalue weighted by molar-refractivity contribution is 6.78. The lowest BCUT2D eigenvalue weighted by molar-refractivity contribution is 1.07. The van der Waals surface area contributed by atoms with E-state index in [9.17, 15) is 0 Å². The van der Waals surface area contributed by atoms with E-state index in [0.29, 0.717) is 0 Å². The fourth-order valence-electron chi connectivity index (χ4n) is 1.30. The minimum atomic E-state index is -0.945. The van der Waals surface area contributed by atoms with E-state index >= 15 is 0 Å². The van der Waals surface area contributed by atoms with Crippen molar-refractivity contribution in [3.8, 4) is 0 Å². The topological polar surface area (TPSA) is 0 Å². The molecule has 11 heavy (non-hydrogen) atoms. The predicted octanol–water partition coefficient (Wildman–Crippen LogP) is 3.60. The third kappa shape index (κ3) is 2.06. The summed E-state index contributed by atoms with van der Waals surface area (Å²) >= 11 is 0. The van der Waals surface area contributed by atoms with Gasteiger partial charge in [0.25, 0.3) is 0 Å². The first-order valence-electron chi connectivity index (χ1n) is 4.38. The smallest absolute Gasteiger partial charge is 0.0517 e. The number of hydrogen-bond acceptors (Lipinski definition) is 0. The largest absolute Gasteiger partial charge is 0.0805 e. The van der Waals surface area contributed by atoms with Crippen LogP contribution in [-0.4, -0.2) is 8.07 Å². The fraction of sp³-hybridized carbons (Fsp3) is 0.600. The molecule has 0 saturated heterocycles. The zero-order valence-electron chi connectivity index (χ0n) is 8.02. The van der Waals surface area contributed by atoms with Crippen LogP contribution in [0, 0.1) is 0 Å². The number of rotatable bonds is 2. The van der Waals surface area contributed by atoms with Crippen molar-refractivity contribution >= 4 is 8.07 Å². The van der Waals surface area contributed by atoms with Gasteiger partial charge in [0.2, 0.25) is 0 Å². The first kappa shape index (κ1) is 8.79. The molecule has 0 aromatic carbocycles. The Kier molecular flexibility index (Phi) is 2.38. The molecule has 1 unspecified atom stereocenters. The van der Waals surface area contributed by atoms with Crippen LogP contribution < -0.4 is 0 Å². The standard InChI is InChI=1S/C10H18Si/c1-9(11(2,3)4)10-7-5-6-8-10/h5,7-9H,6H2,1-4H3. The molecule has 0 amide bonds. The quantitative estimate of drug-likeness (QED) is 0.550. The monoisotopic (exact) mass is 166 g/mol. The summed E-state index contributed by atoms with van der Waals surface area (Å²) in [5, 5.41) is 0. The molecule has 0 aliphatic heterocycles. The van der Waals surface area contributed by atoms with Crippen molar-refractivity contribution in [2.24, 2.45) is 0 Å².